The predicted molar refractivity (Wildman–Crippen MR) is 79.9 cm³/mol. The van der Waals surface area contributed by atoms with Crippen molar-refractivity contribution in [1.82, 2.24) is 9.97 Å². The van der Waals surface area contributed by atoms with Gasteiger partial charge in [0, 0.05) is 5.57 Å². The van der Waals surface area contributed by atoms with Gasteiger partial charge in [0.15, 0.2) is 11.6 Å². The number of aromatic nitrogens is 2. The van der Waals surface area contributed by atoms with E-state index >= 15 is 0 Å². The van der Waals surface area contributed by atoms with Gasteiger partial charge in [-0.1, -0.05) is 33.8 Å². The standard InChI is InChI=1S/C14H19ClFN3O2/c1-5-8(12(20)21)6-10(14(2,3)4)18-11-9(16)7-17-13(15)19-11/h6-7,10H,5H2,1-4H3,(H,20,21)(H,17,18,19)/b8-6+/t10-/m1/s1. The molecular formula is C14H19ClFN3O2. The average molecular weight is 316 g/mol. The minimum absolute atomic E-state index is 0.0491. The summed E-state index contributed by atoms with van der Waals surface area (Å²) in [4.78, 5) is 18.5. The third kappa shape index (κ3) is 4.97. The van der Waals surface area contributed by atoms with Gasteiger partial charge in [0.1, 0.15) is 0 Å². The highest BCUT2D eigenvalue weighted by atomic mass is 35.5. The fourth-order valence-electron chi connectivity index (χ4n) is 1.64. The first kappa shape index (κ1) is 17.4. The van der Waals surface area contributed by atoms with Gasteiger partial charge in [-0.05, 0) is 23.4 Å². The number of rotatable bonds is 5. The lowest BCUT2D eigenvalue weighted by atomic mass is 9.85. The Morgan fingerprint density at radius 1 is 1.57 bits per heavy atom. The molecule has 7 heteroatoms. The van der Waals surface area contributed by atoms with Crippen LogP contribution in [0.15, 0.2) is 17.8 Å². The largest absolute Gasteiger partial charge is 0.478 e. The molecule has 1 atom stereocenters. The lowest BCUT2D eigenvalue weighted by molar-refractivity contribution is -0.132. The van der Waals surface area contributed by atoms with Crippen LogP contribution in [-0.4, -0.2) is 27.1 Å². The number of carbonyl (C=O) groups is 1. The van der Waals surface area contributed by atoms with Crippen molar-refractivity contribution in [1.29, 1.82) is 0 Å². The zero-order valence-corrected chi connectivity index (χ0v) is 13.2. The predicted octanol–water partition coefficient (Wildman–Crippen LogP) is 3.52. The monoisotopic (exact) mass is 315 g/mol. The van der Waals surface area contributed by atoms with E-state index in [4.69, 9.17) is 16.7 Å². The quantitative estimate of drug-likeness (QED) is 0.642. The van der Waals surface area contributed by atoms with Gasteiger partial charge >= 0.3 is 5.97 Å². The van der Waals surface area contributed by atoms with E-state index in [0.717, 1.165) is 6.20 Å². The van der Waals surface area contributed by atoms with Crippen molar-refractivity contribution in [3.8, 4) is 0 Å². The third-order valence-corrected chi connectivity index (χ3v) is 3.15. The highest BCUT2D eigenvalue weighted by Crippen LogP contribution is 2.26. The SMILES string of the molecule is CC/C(=C\[C@@H](Nc1nc(Cl)ncc1F)C(C)(C)C)C(=O)O. The summed E-state index contributed by atoms with van der Waals surface area (Å²) in [5.74, 6) is -1.68. The molecular weight excluding hydrogens is 297 g/mol. The number of hydrogen-bond donors (Lipinski definition) is 2. The van der Waals surface area contributed by atoms with Crippen LogP contribution in [0.5, 0.6) is 0 Å². The van der Waals surface area contributed by atoms with Crippen LogP contribution in [0.4, 0.5) is 10.2 Å². The average Bonchev–Trinajstić information content (AvgIpc) is 2.36. The zero-order chi connectivity index (χ0) is 16.2. The summed E-state index contributed by atoms with van der Waals surface area (Å²) in [7, 11) is 0. The van der Waals surface area contributed by atoms with Crippen molar-refractivity contribution >= 4 is 23.4 Å². The molecule has 116 valence electrons. The Kier molecular flexibility index (Phi) is 5.66. The second-order valence-electron chi connectivity index (χ2n) is 5.67. The molecule has 0 aliphatic carbocycles. The van der Waals surface area contributed by atoms with Crippen LogP contribution in [0.2, 0.25) is 5.28 Å². The first-order valence-corrected chi connectivity index (χ1v) is 6.91. The van der Waals surface area contributed by atoms with Crippen molar-refractivity contribution in [3.05, 3.63) is 28.9 Å². The molecule has 0 amide bonds. The van der Waals surface area contributed by atoms with Gasteiger partial charge in [0.05, 0.1) is 12.2 Å². The molecule has 0 spiro atoms. The van der Waals surface area contributed by atoms with Crippen LogP contribution >= 0.6 is 11.6 Å². The lowest BCUT2D eigenvalue weighted by Gasteiger charge is -2.30. The number of carboxylic acids is 1. The first-order chi connectivity index (χ1) is 9.65. The van der Waals surface area contributed by atoms with Crippen molar-refractivity contribution in [2.24, 2.45) is 5.41 Å². The molecule has 0 saturated carbocycles. The second kappa shape index (κ2) is 6.85. The van der Waals surface area contributed by atoms with Gasteiger partial charge in [-0.25, -0.2) is 14.2 Å². The molecule has 0 unspecified atom stereocenters. The van der Waals surface area contributed by atoms with E-state index < -0.39 is 17.8 Å². The smallest absolute Gasteiger partial charge is 0.331 e. The molecule has 1 rings (SSSR count). The Labute approximate surface area is 128 Å². The van der Waals surface area contributed by atoms with Crippen molar-refractivity contribution < 1.29 is 14.3 Å². The van der Waals surface area contributed by atoms with Crippen LogP contribution in [0.1, 0.15) is 34.1 Å². The normalized spacial score (nSPS) is 13.9. The number of carboxylic acid groups (broad SMARTS) is 1. The van der Waals surface area contributed by atoms with Crippen LogP contribution < -0.4 is 5.32 Å². The Balaban J connectivity index is 3.16. The number of nitrogens with one attached hydrogen (secondary N) is 1. The maximum Gasteiger partial charge on any atom is 0.331 e. The zero-order valence-electron chi connectivity index (χ0n) is 12.4. The Bertz CT molecular complexity index is 556. The molecule has 1 heterocycles. The van der Waals surface area contributed by atoms with E-state index in [1.165, 1.54) is 0 Å². The summed E-state index contributed by atoms with van der Waals surface area (Å²) in [6.45, 7) is 7.49. The van der Waals surface area contributed by atoms with Crippen LogP contribution in [0.25, 0.3) is 0 Å². The highest BCUT2D eigenvalue weighted by Gasteiger charge is 2.25. The van der Waals surface area contributed by atoms with Crippen molar-refractivity contribution in [3.63, 3.8) is 0 Å². The lowest BCUT2D eigenvalue weighted by Crippen LogP contribution is -2.33. The molecule has 1 aromatic heterocycles. The Hall–Kier alpha value is -1.69. The van der Waals surface area contributed by atoms with Crippen molar-refractivity contribution in [2.45, 2.75) is 40.2 Å². The number of aliphatic carboxylic acids is 1. The van der Waals surface area contributed by atoms with Gasteiger partial charge < -0.3 is 10.4 Å². The molecule has 0 aromatic carbocycles. The van der Waals surface area contributed by atoms with Gasteiger partial charge in [0.2, 0.25) is 5.28 Å². The Morgan fingerprint density at radius 3 is 2.67 bits per heavy atom. The first-order valence-electron chi connectivity index (χ1n) is 6.53. The number of anilines is 1. The molecule has 0 radical (unpaired) electrons. The number of halogens is 2. The topological polar surface area (TPSA) is 75.1 Å². The summed E-state index contributed by atoms with van der Waals surface area (Å²) in [5, 5.41) is 12.0. The van der Waals surface area contributed by atoms with Gasteiger partial charge in [-0.2, -0.15) is 4.98 Å². The number of nitrogens with zero attached hydrogens (tertiary/aromatic N) is 2. The van der Waals surface area contributed by atoms with Gasteiger partial charge in [0.25, 0.3) is 0 Å². The van der Waals surface area contributed by atoms with E-state index in [9.17, 15) is 9.18 Å². The van der Waals surface area contributed by atoms with Crippen molar-refractivity contribution in [2.75, 3.05) is 5.32 Å². The minimum atomic E-state index is -0.991. The van der Waals surface area contributed by atoms with E-state index in [2.05, 4.69) is 15.3 Å². The van der Waals surface area contributed by atoms with E-state index in [1.54, 1.807) is 13.0 Å². The maximum atomic E-state index is 13.7. The summed E-state index contributed by atoms with van der Waals surface area (Å²) in [6, 6.07) is -0.427. The molecule has 0 bridgehead atoms. The Morgan fingerprint density at radius 2 is 2.19 bits per heavy atom. The van der Waals surface area contributed by atoms with Crippen LogP contribution in [0, 0.1) is 11.2 Å². The minimum Gasteiger partial charge on any atom is -0.478 e. The molecule has 0 saturated heterocycles. The maximum absolute atomic E-state index is 13.7. The summed E-state index contributed by atoms with van der Waals surface area (Å²) >= 11 is 5.66. The molecule has 0 fully saturated rings. The van der Waals surface area contributed by atoms with E-state index in [0.29, 0.717) is 6.42 Å². The summed E-state index contributed by atoms with van der Waals surface area (Å²) < 4.78 is 13.7. The summed E-state index contributed by atoms with van der Waals surface area (Å²) in [6.07, 6.45) is 2.92. The van der Waals surface area contributed by atoms with Gasteiger partial charge in [-0.3, -0.25) is 0 Å². The molecule has 5 nitrogen and oxygen atoms in total. The highest BCUT2D eigenvalue weighted by molar-refractivity contribution is 6.28. The molecule has 0 aliphatic heterocycles. The molecule has 1 aromatic rings. The molecule has 2 N–H and O–H groups in total. The van der Waals surface area contributed by atoms with E-state index in [-0.39, 0.29) is 22.1 Å². The van der Waals surface area contributed by atoms with Crippen LogP contribution in [0.3, 0.4) is 0 Å². The fraction of sp³-hybridized carbons (Fsp3) is 0.500. The van der Waals surface area contributed by atoms with Crippen LogP contribution in [-0.2, 0) is 4.79 Å². The second-order valence-corrected chi connectivity index (χ2v) is 6.01. The summed E-state index contributed by atoms with van der Waals surface area (Å²) in [5.41, 5.74) is -0.0947. The third-order valence-electron chi connectivity index (χ3n) is 2.96. The van der Waals surface area contributed by atoms with Gasteiger partial charge in [-0.15, -0.1) is 0 Å². The number of hydrogen-bond acceptors (Lipinski definition) is 4. The molecule has 0 aliphatic rings. The molecule has 21 heavy (non-hydrogen) atoms. The van der Waals surface area contributed by atoms with E-state index in [1.807, 2.05) is 20.8 Å². The fourth-order valence-corrected chi connectivity index (χ4v) is 1.78.